The number of carbonyl (C=O) groups excluding carboxylic acids is 1. The summed E-state index contributed by atoms with van der Waals surface area (Å²) < 4.78 is 13.7. The molecule has 3 rings (SSSR count). The second-order valence-corrected chi connectivity index (χ2v) is 7.73. The van der Waals surface area contributed by atoms with Crippen LogP contribution in [0, 0.1) is 12.7 Å². The summed E-state index contributed by atoms with van der Waals surface area (Å²) in [5, 5.41) is 0.354. The Hall–Kier alpha value is -2.72. The van der Waals surface area contributed by atoms with Crippen molar-refractivity contribution in [1.82, 2.24) is 4.98 Å². The van der Waals surface area contributed by atoms with E-state index in [0.29, 0.717) is 16.4 Å². The molecule has 0 aliphatic carbocycles. The predicted molar refractivity (Wildman–Crippen MR) is 112 cm³/mol. The summed E-state index contributed by atoms with van der Waals surface area (Å²) in [6.45, 7) is 5.58. The van der Waals surface area contributed by atoms with Crippen LogP contribution in [0.1, 0.15) is 25.0 Å². The van der Waals surface area contributed by atoms with Crippen LogP contribution < -0.4 is 4.90 Å². The molecule has 0 unspecified atom stereocenters. The van der Waals surface area contributed by atoms with E-state index >= 15 is 0 Å². The van der Waals surface area contributed by atoms with E-state index in [-0.39, 0.29) is 11.7 Å². The molecule has 28 heavy (non-hydrogen) atoms. The third kappa shape index (κ3) is 3.78. The average Bonchev–Trinajstić information content (AvgIpc) is 2.67. The average molecular weight is 397 g/mol. The molecule has 0 N–H and O–H groups in total. The van der Waals surface area contributed by atoms with Crippen molar-refractivity contribution in [2.75, 3.05) is 11.9 Å². The number of likely N-dealkylation sites (N-methyl/N-ethyl adjacent to an activating group) is 1. The maximum absolute atomic E-state index is 13.7. The Balaban J connectivity index is 2.06. The van der Waals surface area contributed by atoms with Gasteiger partial charge in [0.15, 0.2) is 0 Å². The van der Waals surface area contributed by atoms with Gasteiger partial charge < -0.3 is 4.90 Å². The molecule has 1 heterocycles. The number of hydrogen-bond acceptors (Lipinski definition) is 2. The van der Waals surface area contributed by atoms with Gasteiger partial charge in [-0.15, -0.1) is 0 Å². The normalized spacial score (nSPS) is 11.4. The van der Waals surface area contributed by atoms with Gasteiger partial charge in [0, 0.05) is 12.6 Å². The Morgan fingerprint density at radius 2 is 1.79 bits per heavy atom. The van der Waals surface area contributed by atoms with Gasteiger partial charge in [0.1, 0.15) is 11.0 Å². The molecule has 0 fully saturated rings. The highest BCUT2D eigenvalue weighted by molar-refractivity contribution is 6.29. The molecule has 0 bridgehead atoms. The molecule has 0 aliphatic rings. The van der Waals surface area contributed by atoms with E-state index in [9.17, 15) is 9.18 Å². The molecule has 0 spiro atoms. The van der Waals surface area contributed by atoms with E-state index in [1.807, 2.05) is 31.2 Å². The molecule has 5 heteroatoms. The Morgan fingerprint density at radius 1 is 1.07 bits per heavy atom. The molecule has 1 amide bonds. The number of rotatable bonds is 4. The minimum absolute atomic E-state index is 0.169. The standard InChI is InChI=1S/C23H22ClFN2O/c1-15-8-5-6-11-18(15)19-13-21(24)26-14-20(19)27(4)22(28)23(2,3)16-9-7-10-17(25)12-16/h5-14H,1-4H3. The van der Waals surface area contributed by atoms with Gasteiger partial charge in [-0.2, -0.15) is 0 Å². The van der Waals surface area contributed by atoms with Crippen LogP contribution in [0.25, 0.3) is 11.1 Å². The predicted octanol–water partition coefficient (Wildman–Crippen LogP) is 5.79. The van der Waals surface area contributed by atoms with Crippen molar-refractivity contribution in [3.63, 3.8) is 0 Å². The first-order valence-corrected chi connectivity index (χ1v) is 9.35. The third-order valence-corrected chi connectivity index (χ3v) is 5.24. The molecule has 0 saturated carbocycles. The summed E-state index contributed by atoms with van der Waals surface area (Å²) in [5.74, 6) is -0.535. The number of anilines is 1. The maximum atomic E-state index is 13.7. The summed E-state index contributed by atoms with van der Waals surface area (Å²) in [5.41, 5.74) is 3.21. The van der Waals surface area contributed by atoms with Gasteiger partial charge in [-0.05, 0) is 55.7 Å². The van der Waals surface area contributed by atoms with E-state index in [0.717, 1.165) is 16.7 Å². The first-order chi connectivity index (χ1) is 13.2. The Bertz CT molecular complexity index is 1030. The minimum Gasteiger partial charge on any atom is -0.313 e. The van der Waals surface area contributed by atoms with Crippen LogP contribution in [0.4, 0.5) is 10.1 Å². The third-order valence-electron chi connectivity index (χ3n) is 5.03. The molecule has 144 valence electrons. The van der Waals surface area contributed by atoms with Crippen molar-refractivity contribution in [2.45, 2.75) is 26.2 Å². The van der Waals surface area contributed by atoms with Crippen molar-refractivity contribution in [3.8, 4) is 11.1 Å². The Labute approximate surface area is 169 Å². The quantitative estimate of drug-likeness (QED) is 0.523. The lowest BCUT2D eigenvalue weighted by molar-refractivity contribution is -0.122. The number of halogens is 2. The van der Waals surface area contributed by atoms with E-state index in [4.69, 9.17) is 11.6 Å². The molecule has 0 radical (unpaired) electrons. The minimum atomic E-state index is -0.917. The molecular weight excluding hydrogens is 375 g/mol. The second-order valence-electron chi connectivity index (χ2n) is 7.34. The Morgan fingerprint density at radius 3 is 2.46 bits per heavy atom. The first-order valence-electron chi connectivity index (χ1n) is 8.97. The topological polar surface area (TPSA) is 33.2 Å². The zero-order valence-electron chi connectivity index (χ0n) is 16.3. The Kier molecular flexibility index (Phi) is 5.52. The zero-order chi connectivity index (χ0) is 20.5. The molecule has 2 aromatic carbocycles. The molecule has 0 aliphatic heterocycles. The van der Waals surface area contributed by atoms with Gasteiger partial charge in [0.05, 0.1) is 17.3 Å². The molecule has 0 atom stereocenters. The summed E-state index contributed by atoms with van der Waals surface area (Å²) in [4.78, 5) is 19.1. The highest BCUT2D eigenvalue weighted by atomic mass is 35.5. The van der Waals surface area contributed by atoms with Crippen molar-refractivity contribution in [2.24, 2.45) is 0 Å². The lowest BCUT2D eigenvalue weighted by Gasteiger charge is -2.31. The lowest BCUT2D eigenvalue weighted by atomic mass is 9.83. The summed E-state index contributed by atoms with van der Waals surface area (Å²) in [6.07, 6.45) is 1.60. The van der Waals surface area contributed by atoms with E-state index in [2.05, 4.69) is 4.98 Å². The SMILES string of the molecule is Cc1ccccc1-c1cc(Cl)ncc1N(C)C(=O)C(C)(C)c1cccc(F)c1. The van der Waals surface area contributed by atoms with Crippen molar-refractivity contribution >= 4 is 23.2 Å². The number of carbonyl (C=O) groups is 1. The number of aromatic nitrogens is 1. The van der Waals surface area contributed by atoms with Gasteiger partial charge in [-0.3, -0.25) is 4.79 Å². The molecule has 3 nitrogen and oxygen atoms in total. The fourth-order valence-electron chi connectivity index (χ4n) is 3.31. The van der Waals surface area contributed by atoms with Crippen LogP contribution in [0.15, 0.2) is 60.8 Å². The van der Waals surface area contributed by atoms with Gasteiger partial charge in [-0.1, -0.05) is 48.0 Å². The zero-order valence-corrected chi connectivity index (χ0v) is 17.1. The summed E-state index contributed by atoms with van der Waals surface area (Å²) in [7, 11) is 1.70. The van der Waals surface area contributed by atoms with Crippen molar-refractivity contribution in [3.05, 3.63) is 82.9 Å². The molecular formula is C23H22ClFN2O. The van der Waals surface area contributed by atoms with Crippen LogP contribution in [-0.2, 0) is 10.2 Å². The van der Waals surface area contributed by atoms with Gasteiger partial charge in [-0.25, -0.2) is 9.37 Å². The fraction of sp³-hybridized carbons (Fsp3) is 0.217. The monoisotopic (exact) mass is 396 g/mol. The van der Waals surface area contributed by atoms with Gasteiger partial charge in [0.2, 0.25) is 5.91 Å². The number of benzene rings is 2. The molecule has 1 aromatic heterocycles. The van der Waals surface area contributed by atoms with Gasteiger partial charge in [0.25, 0.3) is 0 Å². The molecule has 3 aromatic rings. The highest BCUT2D eigenvalue weighted by Gasteiger charge is 2.34. The van der Waals surface area contributed by atoms with Crippen molar-refractivity contribution < 1.29 is 9.18 Å². The number of hydrogen-bond donors (Lipinski definition) is 0. The smallest absolute Gasteiger partial charge is 0.236 e. The number of pyridine rings is 1. The second kappa shape index (κ2) is 7.72. The number of aryl methyl sites for hydroxylation is 1. The number of amides is 1. The van der Waals surface area contributed by atoms with Crippen LogP contribution >= 0.6 is 11.6 Å². The van der Waals surface area contributed by atoms with Crippen molar-refractivity contribution in [1.29, 1.82) is 0 Å². The van der Waals surface area contributed by atoms with Crippen LogP contribution in [-0.4, -0.2) is 17.9 Å². The van der Waals surface area contributed by atoms with E-state index in [1.165, 1.54) is 12.1 Å². The fourth-order valence-corrected chi connectivity index (χ4v) is 3.47. The highest BCUT2D eigenvalue weighted by Crippen LogP contribution is 2.36. The molecule has 0 saturated heterocycles. The number of nitrogens with zero attached hydrogens (tertiary/aromatic N) is 2. The summed E-state index contributed by atoms with van der Waals surface area (Å²) >= 11 is 6.15. The van der Waals surface area contributed by atoms with E-state index < -0.39 is 5.41 Å². The maximum Gasteiger partial charge on any atom is 0.236 e. The van der Waals surface area contributed by atoms with Gasteiger partial charge >= 0.3 is 0 Å². The summed E-state index contributed by atoms with van der Waals surface area (Å²) in [6, 6.07) is 15.8. The van der Waals surface area contributed by atoms with Crippen LogP contribution in [0.2, 0.25) is 5.15 Å². The lowest BCUT2D eigenvalue weighted by Crippen LogP contribution is -2.41. The van der Waals surface area contributed by atoms with Crippen LogP contribution in [0.5, 0.6) is 0 Å². The van der Waals surface area contributed by atoms with Crippen LogP contribution in [0.3, 0.4) is 0 Å². The first kappa shape index (κ1) is 20.0. The van der Waals surface area contributed by atoms with E-state index in [1.54, 1.807) is 50.2 Å². The largest absolute Gasteiger partial charge is 0.313 e.